The van der Waals surface area contributed by atoms with E-state index in [0.29, 0.717) is 5.56 Å². The Balaban J connectivity index is 2.35. The van der Waals surface area contributed by atoms with E-state index in [2.05, 4.69) is 112 Å². The molecule has 2 aromatic rings. The minimum atomic E-state index is -0.0901. The van der Waals surface area contributed by atoms with Gasteiger partial charge in [0.2, 0.25) is 0 Å². The maximum Gasteiger partial charge on any atom is 0.256 e. The van der Waals surface area contributed by atoms with E-state index in [4.69, 9.17) is 0 Å². The molecular formula is C13H6BrI4NO. The molecule has 1 amide bonds. The number of carbonyl (C=O) groups excluding carboxylic acids is 1. The molecule has 0 unspecified atom stereocenters. The van der Waals surface area contributed by atoms with Gasteiger partial charge in [0.15, 0.2) is 0 Å². The molecule has 0 aromatic heterocycles. The molecule has 0 bridgehead atoms. The molecule has 0 spiro atoms. The lowest BCUT2D eigenvalue weighted by molar-refractivity contribution is 0.102. The molecule has 2 aromatic carbocycles. The number of nitrogens with one attached hydrogen (secondary N) is 1. The van der Waals surface area contributed by atoms with Crippen molar-refractivity contribution in [2.45, 2.75) is 0 Å². The maximum atomic E-state index is 12.4. The van der Waals surface area contributed by atoms with Gasteiger partial charge in [0.05, 0.1) is 11.3 Å². The maximum absolute atomic E-state index is 12.4. The first-order valence-electron chi connectivity index (χ1n) is 5.29. The van der Waals surface area contributed by atoms with Crippen molar-refractivity contribution in [2.75, 3.05) is 5.32 Å². The summed E-state index contributed by atoms with van der Waals surface area (Å²) in [6.07, 6.45) is 0. The first-order chi connectivity index (χ1) is 9.38. The molecular weight excluding hydrogens is 774 g/mol. The summed E-state index contributed by atoms with van der Waals surface area (Å²) < 4.78 is 5.06. The second-order valence-electron chi connectivity index (χ2n) is 3.82. The molecule has 0 heterocycles. The third-order valence-electron chi connectivity index (χ3n) is 2.42. The molecule has 0 fully saturated rings. The number of amides is 1. The van der Waals surface area contributed by atoms with Gasteiger partial charge >= 0.3 is 0 Å². The van der Waals surface area contributed by atoms with Crippen LogP contribution in [0.15, 0.2) is 34.8 Å². The Bertz CT molecular complexity index is 667. The molecule has 104 valence electrons. The summed E-state index contributed by atoms with van der Waals surface area (Å²) in [6, 6.07) is 9.78. The summed E-state index contributed by atoms with van der Waals surface area (Å²) in [5, 5.41) is 3.01. The second kappa shape index (κ2) is 7.73. The number of hydrogen-bond donors (Lipinski definition) is 1. The van der Waals surface area contributed by atoms with Crippen LogP contribution in [0, 0.1) is 14.3 Å². The van der Waals surface area contributed by atoms with E-state index in [0.717, 1.165) is 24.4 Å². The van der Waals surface area contributed by atoms with Crippen LogP contribution in [0.25, 0.3) is 0 Å². The van der Waals surface area contributed by atoms with Gasteiger partial charge in [-0.05, 0) is 121 Å². The minimum Gasteiger partial charge on any atom is -0.320 e. The Hall–Kier alpha value is 1.31. The van der Waals surface area contributed by atoms with Gasteiger partial charge in [0.1, 0.15) is 0 Å². The number of hydrogen-bond acceptors (Lipinski definition) is 1. The third kappa shape index (κ3) is 4.41. The monoisotopic (exact) mass is 779 g/mol. The zero-order valence-electron chi connectivity index (χ0n) is 9.68. The Labute approximate surface area is 179 Å². The second-order valence-corrected chi connectivity index (χ2v) is 9.47. The average molecular weight is 780 g/mol. The molecule has 20 heavy (non-hydrogen) atoms. The van der Waals surface area contributed by atoms with E-state index >= 15 is 0 Å². The first kappa shape index (κ1) is 17.7. The number of benzene rings is 2. The molecule has 0 saturated carbocycles. The molecule has 1 N–H and O–H groups in total. The number of rotatable bonds is 2. The zero-order chi connectivity index (χ0) is 14.9. The smallest absolute Gasteiger partial charge is 0.256 e. The lowest BCUT2D eigenvalue weighted by atomic mass is 10.2. The van der Waals surface area contributed by atoms with Crippen LogP contribution < -0.4 is 5.32 Å². The predicted molar refractivity (Wildman–Crippen MR) is 119 cm³/mol. The van der Waals surface area contributed by atoms with Crippen molar-refractivity contribution >= 4 is 118 Å². The van der Waals surface area contributed by atoms with Crippen molar-refractivity contribution in [3.63, 3.8) is 0 Å². The third-order valence-corrected chi connectivity index (χ3v) is 6.18. The number of anilines is 1. The summed E-state index contributed by atoms with van der Waals surface area (Å²) in [7, 11) is 0. The first-order valence-corrected chi connectivity index (χ1v) is 10.4. The van der Waals surface area contributed by atoms with E-state index in [1.165, 1.54) is 0 Å². The van der Waals surface area contributed by atoms with Crippen molar-refractivity contribution in [1.29, 1.82) is 0 Å². The van der Waals surface area contributed by atoms with Crippen molar-refractivity contribution in [3.05, 3.63) is 54.6 Å². The normalized spacial score (nSPS) is 10.4. The molecule has 2 nitrogen and oxygen atoms in total. The highest BCUT2D eigenvalue weighted by Crippen LogP contribution is 2.28. The highest BCUT2D eigenvalue weighted by molar-refractivity contribution is 14.1. The van der Waals surface area contributed by atoms with Crippen LogP contribution in [0.5, 0.6) is 0 Å². The average Bonchev–Trinajstić information content (AvgIpc) is 2.36. The van der Waals surface area contributed by atoms with Gasteiger partial charge in [-0.15, -0.1) is 0 Å². The van der Waals surface area contributed by atoms with Gasteiger partial charge in [-0.25, -0.2) is 0 Å². The molecule has 0 aliphatic rings. The van der Waals surface area contributed by atoms with E-state index in [1.54, 1.807) is 0 Å². The lowest BCUT2D eigenvalue weighted by Gasteiger charge is -2.11. The fourth-order valence-corrected chi connectivity index (χ4v) is 6.31. The molecule has 0 aliphatic carbocycles. The van der Waals surface area contributed by atoms with Crippen LogP contribution in [0.3, 0.4) is 0 Å². The van der Waals surface area contributed by atoms with Crippen molar-refractivity contribution in [1.82, 2.24) is 0 Å². The van der Waals surface area contributed by atoms with Gasteiger partial charge in [0.25, 0.3) is 5.91 Å². The number of carbonyl (C=O) groups is 1. The van der Waals surface area contributed by atoms with Crippen molar-refractivity contribution < 1.29 is 4.79 Å². The van der Waals surface area contributed by atoms with Crippen LogP contribution in [-0.2, 0) is 0 Å². The van der Waals surface area contributed by atoms with E-state index in [1.807, 2.05) is 30.3 Å². The molecule has 0 aliphatic heterocycles. The van der Waals surface area contributed by atoms with Crippen LogP contribution in [0.2, 0.25) is 0 Å². The molecule has 0 atom stereocenters. The van der Waals surface area contributed by atoms with Crippen molar-refractivity contribution in [2.24, 2.45) is 0 Å². The largest absolute Gasteiger partial charge is 0.320 e. The summed E-state index contributed by atoms with van der Waals surface area (Å²) in [5.74, 6) is -0.0901. The minimum absolute atomic E-state index is 0.0901. The Morgan fingerprint density at radius 2 is 1.55 bits per heavy atom. The Morgan fingerprint density at radius 3 is 2.15 bits per heavy atom. The van der Waals surface area contributed by atoms with E-state index in [-0.39, 0.29) is 5.91 Å². The summed E-state index contributed by atoms with van der Waals surface area (Å²) >= 11 is 12.3. The Morgan fingerprint density at radius 1 is 0.950 bits per heavy atom. The van der Waals surface area contributed by atoms with Crippen LogP contribution in [-0.4, -0.2) is 5.91 Å². The van der Waals surface area contributed by atoms with Crippen LogP contribution in [0.1, 0.15) is 10.4 Å². The van der Waals surface area contributed by atoms with Crippen LogP contribution in [0.4, 0.5) is 5.69 Å². The summed E-state index contributed by atoms with van der Waals surface area (Å²) in [4.78, 5) is 12.4. The fourth-order valence-electron chi connectivity index (χ4n) is 1.51. The fraction of sp³-hybridized carbons (Fsp3) is 0. The highest BCUT2D eigenvalue weighted by Gasteiger charge is 2.14. The van der Waals surface area contributed by atoms with Crippen molar-refractivity contribution in [3.8, 4) is 0 Å². The standard InChI is InChI=1S/C13H6BrI4NO/c14-6-1-2-9(16)8(3-6)13(20)19-12-10(17)4-7(15)5-11(12)18/h1-5H,(H,19,20). The van der Waals surface area contributed by atoms with Gasteiger partial charge in [-0.3, -0.25) is 4.79 Å². The van der Waals surface area contributed by atoms with E-state index < -0.39 is 0 Å². The number of halogens is 5. The summed E-state index contributed by atoms with van der Waals surface area (Å²) in [5.41, 5.74) is 1.54. The summed E-state index contributed by atoms with van der Waals surface area (Å²) in [6.45, 7) is 0. The van der Waals surface area contributed by atoms with E-state index in [9.17, 15) is 4.79 Å². The Kier molecular flexibility index (Phi) is 6.82. The quantitative estimate of drug-likeness (QED) is 0.366. The highest BCUT2D eigenvalue weighted by atomic mass is 127. The molecule has 7 heteroatoms. The van der Waals surface area contributed by atoms with Crippen LogP contribution >= 0.6 is 106 Å². The topological polar surface area (TPSA) is 29.1 Å². The van der Waals surface area contributed by atoms with Gasteiger partial charge in [-0.1, -0.05) is 15.9 Å². The van der Waals surface area contributed by atoms with Gasteiger partial charge in [-0.2, -0.15) is 0 Å². The predicted octanol–water partition coefficient (Wildman–Crippen LogP) is 6.12. The molecule has 0 saturated heterocycles. The lowest BCUT2D eigenvalue weighted by Crippen LogP contribution is -2.15. The zero-order valence-corrected chi connectivity index (χ0v) is 19.9. The van der Waals surface area contributed by atoms with Gasteiger partial charge < -0.3 is 5.32 Å². The molecule has 2 rings (SSSR count). The SMILES string of the molecule is O=C(Nc1c(I)cc(I)cc1I)c1cc(Br)ccc1I. The molecule has 0 radical (unpaired) electrons. The van der Waals surface area contributed by atoms with Gasteiger partial charge in [0, 0.05) is 18.8 Å².